The average Bonchev–Trinajstić information content (AvgIpc) is 2.46. The van der Waals surface area contributed by atoms with E-state index in [1.807, 2.05) is 4.90 Å². The zero-order chi connectivity index (χ0) is 14.1. The molecule has 1 heterocycles. The molecule has 5 nitrogen and oxygen atoms in total. The molecule has 1 unspecified atom stereocenters. The molecule has 1 saturated heterocycles. The number of nitrogens with zero attached hydrogens (tertiary/aromatic N) is 1. The second-order valence-electron chi connectivity index (χ2n) is 4.71. The second kappa shape index (κ2) is 9.15. The van der Waals surface area contributed by atoms with Crippen LogP contribution < -0.4 is 5.32 Å². The molecule has 0 saturated carbocycles. The van der Waals surface area contributed by atoms with Crippen molar-refractivity contribution in [3.8, 4) is 0 Å². The van der Waals surface area contributed by atoms with Gasteiger partial charge in [0.25, 0.3) is 5.91 Å². The number of hydrogen-bond acceptors (Lipinski definition) is 3. The van der Waals surface area contributed by atoms with E-state index >= 15 is 0 Å². The number of rotatable bonds is 7. The molecule has 0 aromatic carbocycles. The number of nitrogens with one attached hydrogen (secondary N) is 1. The lowest BCUT2D eigenvalue weighted by Crippen LogP contribution is -2.47. The molecule has 0 spiro atoms. The van der Waals surface area contributed by atoms with Crippen LogP contribution in [0.2, 0.25) is 0 Å². The van der Waals surface area contributed by atoms with Crippen LogP contribution in [-0.2, 0) is 14.3 Å². The number of piperidine rings is 1. The van der Waals surface area contributed by atoms with E-state index in [2.05, 4.69) is 5.32 Å². The standard InChI is InChI=1S/C13H23ClN2O3/c1-19-11(10-15-12(17)6-5-7-14)13(18)16-8-3-2-4-9-16/h11H,2-10H2,1H3,(H,15,17). The molecule has 0 bridgehead atoms. The molecule has 1 aliphatic heterocycles. The van der Waals surface area contributed by atoms with Crippen LogP contribution in [0, 0.1) is 0 Å². The third-order valence-electron chi connectivity index (χ3n) is 3.25. The summed E-state index contributed by atoms with van der Waals surface area (Å²) in [5, 5.41) is 2.72. The Labute approximate surface area is 119 Å². The molecule has 110 valence electrons. The molecule has 1 N–H and O–H groups in total. The molecule has 0 aliphatic carbocycles. The molecule has 0 radical (unpaired) electrons. The van der Waals surface area contributed by atoms with Crippen LogP contribution in [0.1, 0.15) is 32.1 Å². The van der Waals surface area contributed by atoms with Crippen molar-refractivity contribution >= 4 is 23.4 Å². The normalized spacial score (nSPS) is 17.1. The van der Waals surface area contributed by atoms with Crippen molar-refractivity contribution in [2.45, 2.75) is 38.2 Å². The van der Waals surface area contributed by atoms with Crippen molar-refractivity contribution in [3.05, 3.63) is 0 Å². The van der Waals surface area contributed by atoms with Crippen LogP contribution in [0.4, 0.5) is 0 Å². The van der Waals surface area contributed by atoms with E-state index in [9.17, 15) is 9.59 Å². The number of likely N-dealkylation sites (tertiary alicyclic amines) is 1. The maximum atomic E-state index is 12.2. The summed E-state index contributed by atoms with van der Waals surface area (Å²) in [6.07, 6.45) is 3.71. The van der Waals surface area contributed by atoms with Crippen molar-refractivity contribution in [2.75, 3.05) is 32.6 Å². The number of carbonyl (C=O) groups excluding carboxylic acids is 2. The summed E-state index contributed by atoms with van der Waals surface area (Å²) in [6, 6.07) is 0. The molecule has 19 heavy (non-hydrogen) atoms. The van der Waals surface area contributed by atoms with Gasteiger partial charge < -0.3 is 15.0 Å². The molecule has 0 aromatic rings. The van der Waals surface area contributed by atoms with Gasteiger partial charge in [-0.05, 0) is 25.7 Å². The first kappa shape index (κ1) is 16.2. The Bertz CT molecular complexity index is 294. The Morgan fingerprint density at radius 3 is 2.58 bits per heavy atom. The van der Waals surface area contributed by atoms with Gasteiger partial charge in [-0.2, -0.15) is 0 Å². The number of amides is 2. The fourth-order valence-electron chi connectivity index (χ4n) is 2.11. The maximum Gasteiger partial charge on any atom is 0.253 e. The van der Waals surface area contributed by atoms with E-state index in [1.165, 1.54) is 13.5 Å². The minimum atomic E-state index is -0.585. The Balaban J connectivity index is 2.35. The molecule has 0 aromatic heterocycles. The van der Waals surface area contributed by atoms with Crippen molar-refractivity contribution < 1.29 is 14.3 Å². The van der Waals surface area contributed by atoms with Gasteiger partial charge in [0, 0.05) is 32.5 Å². The lowest BCUT2D eigenvalue weighted by Gasteiger charge is -2.29. The van der Waals surface area contributed by atoms with Crippen molar-refractivity contribution in [3.63, 3.8) is 0 Å². The number of ether oxygens (including phenoxy) is 1. The smallest absolute Gasteiger partial charge is 0.253 e. The second-order valence-corrected chi connectivity index (χ2v) is 5.08. The minimum absolute atomic E-state index is 0.0279. The first-order valence-corrected chi connectivity index (χ1v) is 7.36. The Morgan fingerprint density at radius 2 is 2.00 bits per heavy atom. The average molecular weight is 291 g/mol. The predicted molar refractivity (Wildman–Crippen MR) is 74.2 cm³/mol. The van der Waals surface area contributed by atoms with Gasteiger partial charge >= 0.3 is 0 Å². The molecule has 1 aliphatic rings. The van der Waals surface area contributed by atoms with Crippen molar-refractivity contribution in [2.24, 2.45) is 0 Å². The highest BCUT2D eigenvalue weighted by Gasteiger charge is 2.25. The number of methoxy groups -OCH3 is 1. The lowest BCUT2D eigenvalue weighted by atomic mass is 10.1. The molecule has 1 atom stereocenters. The Hall–Kier alpha value is -0.810. The van der Waals surface area contributed by atoms with Gasteiger partial charge in [0.05, 0.1) is 6.54 Å². The third-order valence-corrected chi connectivity index (χ3v) is 3.52. The summed E-state index contributed by atoms with van der Waals surface area (Å²) in [4.78, 5) is 25.5. The van der Waals surface area contributed by atoms with Gasteiger partial charge in [0.2, 0.25) is 5.91 Å². The van der Waals surface area contributed by atoms with Gasteiger partial charge in [-0.1, -0.05) is 0 Å². The Kier molecular flexibility index (Phi) is 7.82. The highest BCUT2D eigenvalue weighted by Crippen LogP contribution is 2.10. The molecular weight excluding hydrogens is 268 g/mol. The van der Waals surface area contributed by atoms with Crippen LogP contribution in [0.25, 0.3) is 0 Å². The molecule has 1 rings (SSSR count). The van der Waals surface area contributed by atoms with E-state index in [-0.39, 0.29) is 18.4 Å². The van der Waals surface area contributed by atoms with E-state index < -0.39 is 6.10 Å². The van der Waals surface area contributed by atoms with Gasteiger partial charge in [-0.15, -0.1) is 11.6 Å². The van der Waals surface area contributed by atoms with E-state index in [1.54, 1.807) is 0 Å². The summed E-state index contributed by atoms with van der Waals surface area (Å²) in [5.41, 5.74) is 0. The predicted octanol–water partition coefficient (Wildman–Crippen LogP) is 1.15. The third kappa shape index (κ3) is 5.78. The fraction of sp³-hybridized carbons (Fsp3) is 0.846. The summed E-state index contributed by atoms with van der Waals surface area (Å²) in [5.74, 6) is 0.349. The van der Waals surface area contributed by atoms with Crippen molar-refractivity contribution in [1.82, 2.24) is 10.2 Å². The first-order valence-electron chi connectivity index (χ1n) is 6.83. The van der Waals surface area contributed by atoms with E-state index in [0.29, 0.717) is 18.7 Å². The molecule has 6 heteroatoms. The van der Waals surface area contributed by atoms with Crippen LogP contribution in [-0.4, -0.2) is 55.4 Å². The molecule has 1 fully saturated rings. The molecular formula is C13H23ClN2O3. The SMILES string of the molecule is COC(CNC(=O)CCCCl)C(=O)N1CCCCC1. The Morgan fingerprint density at radius 1 is 1.32 bits per heavy atom. The molecule has 2 amide bonds. The lowest BCUT2D eigenvalue weighted by molar-refractivity contribution is -0.142. The van der Waals surface area contributed by atoms with E-state index in [0.717, 1.165) is 25.9 Å². The highest BCUT2D eigenvalue weighted by atomic mass is 35.5. The number of carbonyl (C=O) groups is 2. The largest absolute Gasteiger partial charge is 0.370 e. The summed E-state index contributed by atoms with van der Waals surface area (Å²) >= 11 is 5.52. The summed E-state index contributed by atoms with van der Waals surface area (Å²) in [6.45, 7) is 1.81. The summed E-state index contributed by atoms with van der Waals surface area (Å²) < 4.78 is 5.19. The van der Waals surface area contributed by atoms with Crippen LogP contribution in [0.3, 0.4) is 0 Å². The van der Waals surface area contributed by atoms with Crippen LogP contribution in [0.5, 0.6) is 0 Å². The number of halogens is 1. The van der Waals surface area contributed by atoms with Gasteiger partial charge in [-0.3, -0.25) is 9.59 Å². The van der Waals surface area contributed by atoms with Gasteiger partial charge in [0.15, 0.2) is 6.10 Å². The maximum absolute atomic E-state index is 12.2. The zero-order valence-electron chi connectivity index (χ0n) is 11.5. The topological polar surface area (TPSA) is 58.6 Å². The highest BCUT2D eigenvalue weighted by molar-refractivity contribution is 6.17. The summed E-state index contributed by atoms with van der Waals surface area (Å²) in [7, 11) is 1.50. The van der Waals surface area contributed by atoms with Crippen LogP contribution >= 0.6 is 11.6 Å². The van der Waals surface area contributed by atoms with Crippen LogP contribution in [0.15, 0.2) is 0 Å². The van der Waals surface area contributed by atoms with Crippen molar-refractivity contribution in [1.29, 1.82) is 0 Å². The number of hydrogen-bond donors (Lipinski definition) is 1. The van der Waals surface area contributed by atoms with Gasteiger partial charge in [0.1, 0.15) is 0 Å². The number of alkyl halides is 1. The fourth-order valence-corrected chi connectivity index (χ4v) is 2.25. The van der Waals surface area contributed by atoms with E-state index in [4.69, 9.17) is 16.3 Å². The minimum Gasteiger partial charge on any atom is -0.370 e. The first-order chi connectivity index (χ1) is 9.19. The quantitative estimate of drug-likeness (QED) is 0.716. The van der Waals surface area contributed by atoms with Gasteiger partial charge in [-0.25, -0.2) is 0 Å². The zero-order valence-corrected chi connectivity index (χ0v) is 12.2. The monoisotopic (exact) mass is 290 g/mol.